The molecule has 0 aliphatic rings. The van der Waals surface area contributed by atoms with Crippen molar-refractivity contribution in [3.05, 3.63) is 48.6 Å². The summed E-state index contributed by atoms with van der Waals surface area (Å²) in [4.78, 5) is 34.4. The lowest BCUT2D eigenvalue weighted by Gasteiger charge is -2.19. The molecule has 8 nitrogen and oxygen atoms in total. The van der Waals surface area contributed by atoms with E-state index in [9.17, 15) is 19.0 Å². The van der Waals surface area contributed by atoms with E-state index in [1.165, 1.54) is 83.5 Å². The van der Waals surface area contributed by atoms with Crippen LogP contribution >= 0.6 is 7.82 Å². The second-order valence-electron chi connectivity index (χ2n) is 13.7. The summed E-state index contributed by atoms with van der Waals surface area (Å²) in [5, 5.41) is 0. The summed E-state index contributed by atoms with van der Waals surface area (Å²) >= 11 is 0. The summed E-state index contributed by atoms with van der Waals surface area (Å²) in [6.07, 6.45) is 45.9. The highest BCUT2D eigenvalue weighted by Gasteiger charge is 2.24. The molecule has 0 aliphatic heterocycles. The highest BCUT2D eigenvalue weighted by molar-refractivity contribution is 7.47. The first-order valence-corrected chi connectivity index (χ1v) is 22.3. The zero-order chi connectivity index (χ0) is 38.2. The van der Waals surface area contributed by atoms with Crippen LogP contribution in [0.4, 0.5) is 0 Å². The molecule has 0 spiro atoms. The summed E-state index contributed by atoms with van der Waals surface area (Å²) in [5.41, 5.74) is 0. The van der Waals surface area contributed by atoms with Crippen LogP contribution in [-0.2, 0) is 32.7 Å². The van der Waals surface area contributed by atoms with Crippen molar-refractivity contribution in [2.75, 3.05) is 20.3 Å². The summed E-state index contributed by atoms with van der Waals surface area (Å²) in [7, 11) is -3.21. The number of esters is 2. The van der Waals surface area contributed by atoms with Crippen molar-refractivity contribution in [3.63, 3.8) is 0 Å². The molecule has 0 bridgehead atoms. The zero-order valence-corrected chi connectivity index (χ0v) is 34.3. The number of hydrogen-bond donors (Lipinski definition) is 1. The summed E-state index contributed by atoms with van der Waals surface area (Å²) in [6.45, 7) is 3.76. The fourth-order valence-corrected chi connectivity index (χ4v) is 6.07. The van der Waals surface area contributed by atoms with Crippen molar-refractivity contribution in [3.8, 4) is 0 Å². The van der Waals surface area contributed by atoms with Gasteiger partial charge in [0, 0.05) is 20.0 Å². The number of hydrogen-bond acceptors (Lipinski definition) is 7. The number of rotatable bonds is 38. The lowest BCUT2D eigenvalue weighted by molar-refractivity contribution is -0.161. The van der Waals surface area contributed by atoms with Gasteiger partial charge in [0.15, 0.2) is 6.10 Å². The van der Waals surface area contributed by atoms with E-state index in [4.69, 9.17) is 14.0 Å². The quantitative estimate of drug-likeness (QED) is 0.0287. The second kappa shape index (κ2) is 38.7. The van der Waals surface area contributed by atoms with E-state index in [-0.39, 0.29) is 25.4 Å². The lowest BCUT2D eigenvalue weighted by atomic mass is 10.1. The molecule has 1 N–H and O–H groups in total. The van der Waals surface area contributed by atoms with E-state index < -0.39 is 26.5 Å². The molecular weight excluding hydrogens is 675 g/mol. The molecule has 2 unspecified atom stereocenters. The number of carbonyl (C=O) groups excluding carboxylic acids is 2. The minimum Gasteiger partial charge on any atom is -0.462 e. The maximum Gasteiger partial charge on any atom is 0.472 e. The number of allylic oxidation sites excluding steroid dienone is 8. The van der Waals surface area contributed by atoms with Crippen molar-refractivity contribution in [2.24, 2.45) is 0 Å². The van der Waals surface area contributed by atoms with Crippen LogP contribution in [0, 0.1) is 0 Å². The third-order valence-corrected chi connectivity index (χ3v) is 9.74. The summed E-state index contributed by atoms with van der Waals surface area (Å²) < 4.78 is 31.9. The van der Waals surface area contributed by atoms with E-state index >= 15 is 0 Å². The van der Waals surface area contributed by atoms with Gasteiger partial charge in [0.25, 0.3) is 0 Å². The van der Waals surface area contributed by atoms with E-state index in [1.807, 2.05) is 0 Å². The Labute approximate surface area is 318 Å². The first-order chi connectivity index (χ1) is 25.3. The predicted molar refractivity (Wildman–Crippen MR) is 216 cm³/mol. The fourth-order valence-electron chi connectivity index (χ4n) is 5.61. The molecule has 2 atom stereocenters. The summed E-state index contributed by atoms with van der Waals surface area (Å²) in [6, 6.07) is 0. The highest BCUT2D eigenvalue weighted by Crippen LogP contribution is 2.42. The van der Waals surface area contributed by atoms with Gasteiger partial charge in [-0.15, -0.1) is 0 Å². The smallest absolute Gasteiger partial charge is 0.462 e. The van der Waals surface area contributed by atoms with Gasteiger partial charge in [-0.2, -0.15) is 0 Å². The maximum absolute atomic E-state index is 12.5. The van der Waals surface area contributed by atoms with E-state index in [0.717, 1.165) is 77.7 Å². The van der Waals surface area contributed by atoms with E-state index in [2.05, 4.69) is 67.0 Å². The Morgan fingerprint density at radius 2 is 0.981 bits per heavy atom. The highest BCUT2D eigenvalue weighted by atomic mass is 31.2. The third-order valence-electron chi connectivity index (χ3n) is 8.81. The molecule has 0 aromatic rings. The molecule has 0 radical (unpaired) electrons. The Morgan fingerprint density at radius 3 is 1.48 bits per heavy atom. The lowest BCUT2D eigenvalue weighted by Crippen LogP contribution is -2.29. The van der Waals surface area contributed by atoms with Crippen molar-refractivity contribution >= 4 is 19.8 Å². The molecular formula is C43H77O8P. The Bertz CT molecular complexity index is 990. The standard InChI is InChI=1S/C43H77O8P/c1-4-6-8-10-12-14-16-18-20-21-22-24-25-27-29-31-33-35-37-42(44)49-39-41(40-50-52(46,47)48-3)51-43(45)38-36-34-32-30-28-26-23-19-17-15-13-11-9-7-5-2/h7,9,13,15,19-21,23,41H,4-6,8,10-12,14,16-18,22,24-40H2,1-3H3,(H,46,47)/b9-7-,15-13-,21-20-,23-19-. The molecule has 0 saturated heterocycles. The largest absolute Gasteiger partial charge is 0.472 e. The molecule has 302 valence electrons. The van der Waals surface area contributed by atoms with Gasteiger partial charge in [-0.1, -0.05) is 152 Å². The summed E-state index contributed by atoms with van der Waals surface area (Å²) in [5.74, 6) is -0.829. The van der Waals surface area contributed by atoms with Crippen LogP contribution in [0.1, 0.15) is 187 Å². The van der Waals surface area contributed by atoms with Gasteiger partial charge in [-0.25, -0.2) is 4.57 Å². The zero-order valence-electron chi connectivity index (χ0n) is 33.5. The Morgan fingerprint density at radius 1 is 0.558 bits per heavy atom. The third kappa shape index (κ3) is 37.8. The van der Waals surface area contributed by atoms with Crippen LogP contribution in [0.2, 0.25) is 0 Å². The van der Waals surface area contributed by atoms with Crippen LogP contribution < -0.4 is 0 Å². The normalized spacial score (nSPS) is 13.8. The Hall–Kier alpha value is -1.99. The Balaban J connectivity index is 4.03. The van der Waals surface area contributed by atoms with Crippen LogP contribution in [-0.4, -0.2) is 43.3 Å². The van der Waals surface area contributed by atoms with Gasteiger partial charge in [0.05, 0.1) is 6.61 Å². The molecule has 0 saturated carbocycles. The van der Waals surface area contributed by atoms with Crippen molar-refractivity contribution in [1.29, 1.82) is 0 Å². The van der Waals surface area contributed by atoms with Crippen LogP contribution in [0.15, 0.2) is 48.6 Å². The Kier molecular flexibility index (Phi) is 37.2. The first kappa shape index (κ1) is 50.0. The van der Waals surface area contributed by atoms with Gasteiger partial charge in [-0.05, 0) is 70.6 Å². The number of carbonyl (C=O) groups is 2. The van der Waals surface area contributed by atoms with Crippen molar-refractivity contribution < 1.29 is 37.6 Å². The average Bonchev–Trinajstić information content (AvgIpc) is 3.13. The number of phosphoric ester groups is 1. The van der Waals surface area contributed by atoms with Crippen LogP contribution in [0.25, 0.3) is 0 Å². The van der Waals surface area contributed by atoms with Gasteiger partial charge in [-0.3, -0.25) is 18.6 Å². The molecule has 0 aromatic carbocycles. The average molecular weight is 753 g/mol. The van der Waals surface area contributed by atoms with Gasteiger partial charge < -0.3 is 14.4 Å². The number of ether oxygens (including phenoxy) is 2. The number of unbranched alkanes of at least 4 members (excludes halogenated alkanes) is 19. The fraction of sp³-hybridized carbons (Fsp3) is 0.767. The second-order valence-corrected chi connectivity index (χ2v) is 15.3. The molecule has 0 amide bonds. The molecule has 52 heavy (non-hydrogen) atoms. The number of phosphoric acid groups is 1. The van der Waals surface area contributed by atoms with Crippen molar-refractivity contribution in [2.45, 2.75) is 193 Å². The van der Waals surface area contributed by atoms with Gasteiger partial charge in [0.2, 0.25) is 0 Å². The van der Waals surface area contributed by atoms with Crippen molar-refractivity contribution in [1.82, 2.24) is 0 Å². The molecule has 0 fully saturated rings. The molecule has 9 heteroatoms. The SMILES string of the molecule is CC/C=C\C/C=C\C/C=C\CCCCCCCC(=O)OC(COC(=O)CCCCCCCCC/C=C\CCCCCCCCC)COP(=O)(O)OC. The molecule has 0 rings (SSSR count). The minimum atomic E-state index is -4.27. The van der Waals surface area contributed by atoms with E-state index in [0.29, 0.717) is 6.42 Å². The minimum absolute atomic E-state index is 0.223. The van der Waals surface area contributed by atoms with Crippen LogP contribution in [0.5, 0.6) is 0 Å². The van der Waals surface area contributed by atoms with Gasteiger partial charge in [0.1, 0.15) is 6.61 Å². The maximum atomic E-state index is 12.5. The monoisotopic (exact) mass is 753 g/mol. The molecule has 0 aliphatic carbocycles. The predicted octanol–water partition coefficient (Wildman–Crippen LogP) is 13.0. The van der Waals surface area contributed by atoms with Crippen LogP contribution in [0.3, 0.4) is 0 Å². The topological polar surface area (TPSA) is 108 Å². The van der Waals surface area contributed by atoms with E-state index in [1.54, 1.807) is 0 Å². The molecule has 0 heterocycles. The van der Waals surface area contributed by atoms with Gasteiger partial charge >= 0.3 is 19.8 Å². The molecule has 0 aromatic heterocycles. The first-order valence-electron chi connectivity index (χ1n) is 20.8.